The van der Waals surface area contributed by atoms with Gasteiger partial charge in [0.1, 0.15) is 0 Å². The first-order valence-corrected chi connectivity index (χ1v) is 7.40. The fourth-order valence-corrected chi connectivity index (χ4v) is 2.44. The molecule has 1 amide bonds. The van der Waals surface area contributed by atoms with Crippen LogP contribution >= 0.6 is 0 Å². The van der Waals surface area contributed by atoms with Crippen molar-refractivity contribution >= 4 is 16.1 Å². The smallest absolute Gasteiger partial charge is 0.277 e. The number of amides is 1. The molecule has 1 fully saturated rings. The Bertz CT molecular complexity index is 361. The van der Waals surface area contributed by atoms with Gasteiger partial charge in [-0.25, -0.2) is 5.14 Å². The van der Waals surface area contributed by atoms with E-state index in [-0.39, 0.29) is 5.91 Å². The summed E-state index contributed by atoms with van der Waals surface area (Å²) in [6.45, 7) is 5.56. The van der Waals surface area contributed by atoms with E-state index >= 15 is 0 Å². The highest BCUT2D eigenvalue weighted by Crippen LogP contribution is 2.11. The van der Waals surface area contributed by atoms with Gasteiger partial charge in [0.25, 0.3) is 10.2 Å². The Morgan fingerprint density at radius 1 is 1.29 bits per heavy atom. The van der Waals surface area contributed by atoms with Crippen LogP contribution < -0.4 is 5.14 Å². The Balaban J connectivity index is 2.44. The molecule has 0 saturated carbocycles. The summed E-state index contributed by atoms with van der Waals surface area (Å²) in [5, 5.41) is 5.03. The predicted molar refractivity (Wildman–Crippen MR) is 65.3 cm³/mol. The topological polar surface area (TPSA) is 83.7 Å². The fraction of sp³-hybridized carbons (Fsp3) is 0.900. The van der Waals surface area contributed by atoms with Crippen LogP contribution in [0.2, 0.25) is 0 Å². The molecule has 1 aliphatic heterocycles. The van der Waals surface area contributed by atoms with E-state index < -0.39 is 10.2 Å². The molecule has 1 aliphatic rings. The molecule has 0 spiro atoms. The van der Waals surface area contributed by atoms with Crippen LogP contribution in [0.15, 0.2) is 0 Å². The lowest BCUT2D eigenvalue weighted by Crippen LogP contribution is -2.52. The van der Waals surface area contributed by atoms with Crippen LogP contribution in [0.25, 0.3) is 0 Å². The number of nitrogens with zero attached hydrogens (tertiary/aromatic N) is 2. The van der Waals surface area contributed by atoms with Crippen molar-refractivity contribution in [1.29, 1.82) is 0 Å². The number of hydrogen-bond acceptors (Lipinski definition) is 3. The molecule has 0 aromatic rings. The van der Waals surface area contributed by atoms with E-state index in [2.05, 4.69) is 6.92 Å². The minimum Gasteiger partial charge on any atom is -0.340 e. The lowest BCUT2D eigenvalue weighted by molar-refractivity contribution is -0.133. The number of rotatable bonds is 4. The lowest BCUT2D eigenvalue weighted by atomic mass is 10.0. The Morgan fingerprint density at radius 3 is 2.24 bits per heavy atom. The standard InChI is InChI=1S/C10H21N3O3S/c1-3-9(2)8-10(14)12-4-6-13(7-5-12)17(11,15)16/h9H,3-8H2,1-2H3,(H2,11,15,16). The van der Waals surface area contributed by atoms with Crippen LogP contribution in [0, 0.1) is 5.92 Å². The van der Waals surface area contributed by atoms with Gasteiger partial charge in [-0.1, -0.05) is 20.3 Å². The van der Waals surface area contributed by atoms with Crippen molar-refractivity contribution in [3.05, 3.63) is 0 Å². The molecule has 1 atom stereocenters. The van der Waals surface area contributed by atoms with Crippen LogP contribution in [-0.2, 0) is 15.0 Å². The SMILES string of the molecule is CCC(C)CC(=O)N1CCN(S(N)(=O)=O)CC1. The maximum Gasteiger partial charge on any atom is 0.277 e. The van der Waals surface area contributed by atoms with Gasteiger partial charge in [-0.2, -0.15) is 12.7 Å². The molecule has 0 radical (unpaired) electrons. The van der Waals surface area contributed by atoms with E-state index in [9.17, 15) is 13.2 Å². The maximum absolute atomic E-state index is 11.9. The summed E-state index contributed by atoms with van der Waals surface area (Å²) in [4.78, 5) is 13.6. The van der Waals surface area contributed by atoms with Gasteiger partial charge in [-0.15, -0.1) is 0 Å². The first-order valence-electron chi connectivity index (χ1n) is 5.90. The Hall–Kier alpha value is -0.660. The second-order valence-electron chi connectivity index (χ2n) is 4.54. The Morgan fingerprint density at radius 2 is 1.82 bits per heavy atom. The molecule has 2 N–H and O–H groups in total. The highest BCUT2D eigenvalue weighted by molar-refractivity contribution is 7.86. The zero-order valence-electron chi connectivity index (χ0n) is 10.4. The van der Waals surface area contributed by atoms with Crippen molar-refractivity contribution in [2.24, 2.45) is 11.1 Å². The lowest BCUT2D eigenvalue weighted by Gasteiger charge is -2.33. The van der Waals surface area contributed by atoms with Crippen molar-refractivity contribution in [2.75, 3.05) is 26.2 Å². The van der Waals surface area contributed by atoms with Gasteiger partial charge < -0.3 is 4.90 Å². The molecule has 0 aromatic heterocycles. The Kier molecular flexibility index (Phi) is 4.91. The molecular formula is C10H21N3O3S. The third kappa shape index (κ3) is 4.25. The van der Waals surface area contributed by atoms with Crippen LogP contribution in [0.4, 0.5) is 0 Å². The summed E-state index contributed by atoms with van der Waals surface area (Å²) in [5.74, 6) is 0.479. The van der Waals surface area contributed by atoms with Crippen LogP contribution in [0.5, 0.6) is 0 Å². The molecule has 1 saturated heterocycles. The molecule has 1 unspecified atom stereocenters. The minimum atomic E-state index is -3.61. The van der Waals surface area contributed by atoms with E-state index in [0.29, 0.717) is 38.5 Å². The fourth-order valence-electron chi connectivity index (χ4n) is 1.76. The van der Waals surface area contributed by atoms with Crippen LogP contribution in [0.1, 0.15) is 26.7 Å². The van der Waals surface area contributed by atoms with E-state index in [4.69, 9.17) is 5.14 Å². The summed E-state index contributed by atoms with van der Waals surface area (Å²) in [6, 6.07) is 0. The second kappa shape index (κ2) is 5.79. The molecule has 1 heterocycles. The first kappa shape index (κ1) is 14.4. The summed E-state index contributed by atoms with van der Waals surface area (Å²) in [5.41, 5.74) is 0. The van der Waals surface area contributed by atoms with Crippen LogP contribution in [-0.4, -0.2) is 49.7 Å². The van der Waals surface area contributed by atoms with Crippen molar-refractivity contribution in [3.63, 3.8) is 0 Å². The quantitative estimate of drug-likeness (QED) is 0.760. The monoisotopic (exact) mass is 263 g/mol. The van der Waals surface area contributed by atoms with E-state index in [0.717, 1.165) is 6.42 Å². The molecule has 0 aromatic carbocycles. The second-order valence-corrected chi connectivity index (χ2v) is 6.09. The number of nitrogens with two attached hydrogens (primary N) is 1. The number of carbonyl (C=O) groups is 1. The van der Waals surface area contributed by atoms with Gasteiger partial charge in [0.15, 0.2) is 0 Å². The first-order chi connectivity index (χ1) is 7.84. The summed E-state index contributed by atoms with van der Waals surface area (Å²) < 4.78 is 23.4. The van der Waals surface area contributed by atoms with Gasteiger partial charge in [-0.3, -0.25) is 4.79 Å². The maximum atomic E-state index is 11.9. The molecule has 0 bridgehead atoms. The van der Waals surface area contributed by atoms with E-state index in [1.807, 2.05) is 6.92 Å². The molecule has 17 heavy (non-hydrogen) atoms. The number of carbonyl (C=O) groups excluding carboxylic acids is 1. The minimum absolute atomic E-state index is 0.105. The zero-order valence-corrected chi connectivity index (χ0v) is 11.2. The van der Waals surface area contributed by atoms with Crippen molar-refractivity contribution < 1.29 is 13.2 Å². The van der Waals surface area contributed by atoms with Crippen molar-refractivity contribution in [1.82, 2.24) is 9.21 Å². The predicted octanol–water partition coefficient (Wildman–Crippen LogP) is -0.230. The molecule has 6 nitrogen and oxygen atoms in total. The summed E-state index contributed by atoms with van der Waals surface area (Å²) in [7, 11) is -3.61. The van der Waals surface area contributed by atoms with Gasteiger partial charge in [0.2, 0.25) is 5.91 Å². The highest BCUT2D eigenvalue weighted by atomic mass is 32.2. The summed E-state index contributed by atoms with van der Waals surface area (Å²) in [6.07, 6.45) is 1.51. The van der Waals surface area contributed by atoms with E-state index in [1.54, 1.807) is 4.90 Å². The third-order valence-corrected chi connectivity index (χ3v) is 4.26. The van der Waals surface area contributed by atoms with Crippen molar-refractivity contribution in [2.45, 2.75) is 26.7 Å². The molecule has 0 aliphatic carbocycles. The normalized spacial score (nSPS) is 20.3. The van der Waals surface area contributed by atoms with Gasteiger partial charge in [0.05, 0.1) is 0 Å². The zero-order chi connectivity index (χ0) is 13.1. The van der Waals surface area contributed by atoms with Crippen molar-refractivity contribution in [3.8, 4) is 0 Å². The number of piperazine rings is 1. The largest absolute Gasteiger partial charge is 0.340 e. The number of hydrogen-bond donors (Lipinski definition) is 1. The van der Waals surface area contributed by atoms with Gasteiger partial charge in [-0.05, 0) is 5.92 Å². The average Bonchev–Trinajstić information content (AvgIpc) is 2.27. The van der Waals surface area contributed by atoms with E-state index in [1.165, 1.54) is 4.31 Å². The molecule has 100 valence electrons. The summed E-state index contributed by atoms with van der Waals surface area (Å²) >= 11 is 0. The highest BCUT2D eigenvalue weighted by Gasteiger charge is 2.26. The molecule has 7 heteroatoms. The third-order valence-electron chi connectivity index (χ3n) is 3.17. The van der Waals surface area contributed by atoms with Crippen LogP contribution in [0.3, 0.4) is 0 Å². The molecule has 1 rings (SSSR count). The van der Waals surface area contributed by atoms with Gasteiger partial charge in [0, 0.05) is 32.6 Å². The Labute approximate surface area is 103 Å². The average molecular weight is 263 g/mol. The molecular weight excluding hydrogens is 242 g/mol. The van der Waals surface area contributed by atoms with Gasteiger partial charge >= 0.3 is 0 Å².